The van der Waals surface area contributed by atoms with Crippen LogP contribution < -0.4 is 4.90 Å². The van der Waals surface area contributed by atoms with Crippen molar-refractivity contribution in [3.8, 4) is 0 Å². The molecule has 1 aromatic carbocycles. The molecule has 0 aromatic heterocycles. The van der Waals surface area contributed by atoms with Crippen molar-refractivity contribution < 1.29 is 4.74 Å². The van der Waals surface area contributed by atoms with Gasteiger partial charge < -0.3 is 9.64 Å². The van der Waals surface area contributed by atoms with Gasteiger partial charge >= 0.3 is 0 Å². The summed E-state index contributed by atoms with van der Waals surface area (Å²) in [5.74, 6) is 0.602. The fourth-order valence-electron chi connectivity index (χ4n) is 2.49. The lowest BCUT2D eigenvalue weighted by atomic mass is 10.0. The van der Waals surface area contributed by atoms with Crippen LogP contribution in [0.2, 0.25) is 0 Å². The minimum absolute atomic E-state index is 0.0518. The highest BCUT2D eigenvalue weighted by Crippen LogP contribution is 2.21. The summed E-state index contributed by atoms with van der Waals surface area (Å²) in [5, 5.41) is 0. The maximum absolute atomic E-state index is 5.86. The highest BCUT2D eigenvalue weighted by Gasteiger charge is 2.19. The second kappa shape index (κ2) is 6.80. The number of hydrogen-bond donors (Lipinski definition) is 0. The van der Waals surface area contributed by atoms with Crippen molar-refractivity contribution in [2.45, 2.75) is 46.1 Å². The first-order valence-electron chi connectivity index (χ1n) is 8.06. The number of ether oxygens (including phenoxy) is 1. The van der Waals surface area contributed by atoms with E-state index in [1.165, 1.54) is 11.3 Å². The molecule has 0 bridgehead atoms. The average Bonchev–Trinajstić information content (AvgIpc) is 2.45. The van der Waals surface area contributed by atoms with Crippen molar-refractivity contribution in [1.29, 1.82) is 0 Å². The second-order valence-electron chi connectivity index (χ2n) is 7.24. The van der Waals surface area contributed by atoms with Gasteiger partial charge in [0, 0.05) is 31.9 Å². The summed E-state index contributed by atoms with van der Waals surface area (Å²) >= 11 is 0. The van der Waals surface area contributed by atoms with Crippen LogP contribution in [-0.4, -0.2) is 43.4 Å². The van der Waals surface area contributed by atoms with Crippen LogP contribution >= 0.6 is 0 Å². The fourth-order valence-corrected chi connectivity index (χ4v) is 2.49. The van der Waals surface area contributed by atoms with Gasteiger partial charge in [-0.3, -0.25) is 4.90 Å². The van der Waals surface area contributed by atoms with Gasteiger partial charge in [0.25, 0.3) is 0 Å². The Morgan fingerprint density at radius 1 is 1.00 bits per heavy atom. The monoisotopic (exact) mass is 290 g/mol. The Labute approximate surface area is 129 Å². The minimum atomic E-state index is -0.0518. The Bertz CT molecular complexity index is 426. The second-order valence-corrected chi connectivity index (χ2v) is 7.24. The minimum Gasteiger partial charge on any atom is -0.369 e. The molecule has 0 amide bonds. The van der Waals surface area contributed by atoms with Crippen molar-refractivity contribution in [1.82, 2.24) is 4.90 Å². The van der Waals surface area contributed by atoms with Gasteiger partial charge in [-0.2, -0.15) is 0 Å². The van der Waals surface area contributed by atoms with Gasteiger partial charge in [-0.05, 0) is 44.4 Å². The van der Waals surface area contributed by atoms with Crippen molar-refractivity contribution in [2.24, 2.45) is 0 Å². The molecule has 1 heterocycles. The molecule has 1 aromatic rings. The maximum Gasteiger partial charge on any atom is 0.0998 e. The number of hydrogen-bond acceptors (Lipinski definition) is 3. The van der Waals surface area contributed by atoms with Crippen LogP contribution in [0.4, 0.5) is 5.69 Å². The number of benzene rings is 1. The van der Waals surface area contributed by atoms with Gasteiger partial charge in [0.2, 0.25) is 0 Å². The first-order valence-corrected chi connectivity index (χ1v) is 8.06. The highest BCUT2D eigenvalue weighted by atomic mass is 16.5. The van der Waals surface area contributed by atoms with Crippen LogP contribution in [0.15, 0.2) is 24.3 Å². The smallest absolute Gasteiger partial charge is 0.0998 e. The molecule has 3 nitrogen and oxygen atoms in total. The van der Waals surface area contributed by atoms with E-state index in [4.69, 9.17) is 4.74 Å². The Morgan fingerprint density at radius 3 is 2.05 bits per heavy atom. The van der Waals surface area contributed by atoms with Gasteiger partial charge in [-0.15, -0.1) is 0 Å². The molecule has 0 saturated carbocycles. The maximum atomic E-state index is 5.86. The summed E-state index contributed by atoms with van der Waals surface area (Å²) in [7, 11) is 0. The summed E-state index contributed by atoms with van der Waals surface area (Å²) in [4.78, 5) is 4.86. The third-order valence-electron chi connectivity index (χ3n) is 3.98. The zero-order valence-corrected chi connectivity index (χ0v) is 14.2. The van der Waals surface area contributed by atoms with Crippen LogP contribution in [0.1, 0.15) is 46.1 Å². The zero-order valence-electron chi connectivity index (χ0n) is 14.2. The molecule has 21 heavy (non-hydrogen) atoms. The Kier molecular flexibility index (Phi) is 5.28. The molecular weight excluding hydrogens is 260 g/mol. The van der Waals surface area contributed by atoms with Gasteiger partial charge in [0.15, 0.2) is 0 Å². The largest absolute Gasteiger partial charge is 0.369 e. The molecular formula is C18H30N2O. The number of piperazine rings is 1. The normalized spacial score (nSPS) is 17.5. The van der Waals surface area contributed by atoms with Gasteiger partial charge in [0.05, 0.1) is 12.3 Å². The predicted molar refractivity (Wildman–Crippen MR) is 90.0 cm³/mol. The molecule has 0 radical (unpaired) electrons. The molecule has 0 N–H and O–H groups in total. The molecule has 118 valence electrons. The van der Waals surface area contributed by atoms with Crippen molar-refractivity contribution in [2.75, 3.05) is 37.8 Å². The molecule has 0 aliphatic carbocycles. The standard InChI is InChI=1S/C18H30N2O/c1-15(2)16-6-8-17(9-7-16)20-12-10-19(11-13-20)14-21-18(3,4)5/h6-9,15H,10-14H2,1-5H3. The molecule has 1 saturated heterocycles. The first-order chi connectivity index (χ1) is 9.85. The number of anilines is 1. The van der Waals surface area contributed by atoms with E-state index in [2.05, 4.69) is 68.7 Å². The third kappa shape index (κ3) is 5.01. The van der Waals surface area contributed by atoms with E-state index < -0.39 is 0 Å². The topological polar surface area (TPSA) is 15.7 Å². The summed E-state index contributed by atoms with van der Waals surface area (Å²) in [6.45, 7) is 15.8. The lowest BCUT2D eigenvalue weighted by molar-refractivity contribution is -0.0644. The molecule has 2 rings (SSSR count). The predicted octanol–water partition coefficient (Wildman–Crippen LogP) is 3.70. The third-order valence-corrected chi connectivity index (χ3v) is 3.98. The van der Waals surface area contributed by atoms with Crippen LogP contribution in [0, 0.1) is 0 Å². The SMILES string of the molecule is CC(C)c1ccc(N2CCN(COC(C)(C)C)CC2)cc1. The van der Waals surface area contributed by atoms with Crippen LogP contribution in [0.25, 0.3) is 0 Å². The average molecular weight is 290 g/mol. The number of rotatable bonds is 4. The Hall–Kier alpha value is -1.06. The summed E-state index contributed by atoms with van der Waals surface area (Å²) in [5.41, 5.74) is 2.70. The van der Waals surface area contributed by atoms with E-state index in [-0.39, 0.29) is 5.60 Å². The van der Waals surface area contributed by atoms with Gasteiger partial charge in [-0.25, -0.2) is 0 Å². The molecule has 0 atom stereocenters. The van der Waals surface area contributed by atoms with Gasteiger partial charge in [0.1, 0.15) is 0 Å². The van der Waals surface area contributed by atoms with Crippen molar-refractivity contribution >= 4 is 5.69 Å². The molecule has 0 spiro atoms. The number of nitrogens with zero attached hydrogens (tertiary/aromatic N) is 2. The molecule has 3 heteroatoms. The van der Waals surface area contributed by atoms with E-state index >= 15 is 0 Å². The summed E-state index contributed by atoms with van der Waals surface area (Å²) in [6.07, 6.45) is 0. The highest BCUT2D eigenvalue weighted by molar-refractivity contribution is 5.48. The van der Waals surface area contributed by atoms with E-state index in [0.29, 0.717) is 5.92 Å². The lowest BCUT2D eigenvalue weighted by Crippen LogP contribution is -2.48. The Balaban J connectivity index is 1.83. The van der Waals surface area contributed by atoms with Crippen LogP contribution in [0.5, 0.6) is 0 Å². The van der Waals surface area contributed by atoms with E-state index in [9.17, 15) is 0 Å². The lowest BCUT2D eigenvalue weighted by Gasteiger charge is -2.37. The van der Waals surface area contributed by atoms with Crippen molar-refractivity contribution in [3.05, 3.63) is 29.8 Å². The van der Waals surface area contributed by atoms with Gasteiger partial charge in [-0.1, -0.05) is 26.0 Å². The first kappa shape index (κ1) is 16.3. The Morgan fingerprint density at radius 2 is 1.57 bits per heavy atom. The van der Waals surface area contributed by atoms with Crippen LogP contribution in [-0.2, 0) is 4.74 Å². The van der Waals surface area contributed by atoms with Crippen LogP contribution in [0.3, 0.4) is 0 Å². The molecule has 1 aliphatic heterocycles. The molecule has 1 aliphatic rings. The summed E-state index contributed by atoms with van der Waals surface area (Å²) < 4.78 is 5.86. The van der Waals surface area contributed by atoms with E-state index in [1.54, 1.807) is 0 Å². The fraction of sp³-hybridized carbons (Fsp3) is 0.667. The summed E-state index contributed by atoms with van der Waals surface area (Å²) in [6, 6.07) is 9.04. The molecule has 0 unspecified atom stereocenters. The quantitative estimate of drug-likeness (QED) is 0.841. The molecule has 1 fully saturated rings. The van der Waals surface area contributed by atoms with E-state index in [0.717, 1.165) is 32.9 Å². The van der Waals surface area contributed by atoms with Crippen molar-refractivity contribution in [3.63, 3.8) is 0 Å². The van der Waals surface area contributed by atoms with E-state index in [1.807, 2.05) is 0 Å². The zero-order chi connectivity index (χ0) is 15.5.